The van der Waals surface area contributed by atoms with Gasteiger partial charge in [0.05, 0.1) is 6.61 Å². The first-order valence-corrected chi connectivity index (χ1v) is 7.58. The Bertz CT molecular complexity index is 472. The monoisotopic (exact) mass is 293 g/mol. The van der Waals surface area contributed by atoms with Crippen LogP contribution in [0.2, 0.25) is 0 Å². The van der Waals surface area contributed by atoms with E-state index in [1.54, 1.807) is 0 Å². The van der Waals surface area contributed by atoms with E-state index in [9.17, 15) is 0 Å². The van der Waals surface area contributed by atoms with Crippen molar-refractivity contribution in [3.63, 3.8) is 0 Å². The first-order valence-electron chi connectivity index (χ1n) is 7.58. The fourth-order valence-electron chi connectivity index (χ4n) is 2.82. The highest BCUT2D eigenvalue weighted by molar-refractivity contribution is 5.44. The Labute approximate surface area is 124 Å². The lowest BCUT2D eigenvalue weighted by molar-refractivity contribution is 0.183. The van der Waals surface area contributed by atoms with E-state index in [1.807, 2.05) is 0 Å². The summed E-state index contributed by atoms with van der Waals surface area (Å²) in [6.07, 6.45) is 3.42. The van der Waals surface area contributed by atoms with Crippen LogP contribution in [-0.4, -0.2) is 47.3 Å². The van der Waals surface area contributed by atoms with Crippen LogP contribution in [0.25, 0.3) is 0 Å². The fourth-order valence-corrected chi connectivity index (χ4v) is 2.82. The molecule has 8 heteroatoms. The zero-order valence-electron chi connectivity index (χ0n) is 12.4. The molecule has 0 radical (unpaired) electrons. The molecule has 2 atom stereocenters. The third-order valence-electron chi connectivity index (χ3n) is 4.17. The molecule has 0 aliphatic carbocycles. The predicted molar refractivity (Wildman–Crippen MR) is 81.1 cm³/mol. The van der Waals surface area contributed by atoms with Crippen molar-refractivity contribution >= 4 is 17.8 Å². The van der Waals surface area contributed by atoms with Gasteiger partial charge in [0.25, 0.3) is 0 Å². The van der Waals surface area contributed by atoms with Gasteiger partial charge < -0.3 is 15.0 Å². The van der Waals surface area contributed by atoms with Gasteiger partial charge in [-0.05, 0) is 26.2 Å². The summed E-state index contributed by atoms with van der Waals surface area (Å²) < 4.78 is 5.43. The maximum absolute atomic E-state index is 5.47. The SMILES string of the molecule is CC(Nc1nc(NN)nc(N2CCCC2)n1)C1CCOC1. The molecule has 0 aromatic carbocycles. The molecule has 2 fully saturated rings. The van der Waals surface area contributed by atoms with E-state index in [4.69, 9.17) is 10.6 Å². The van der Waals surface area contributed by atoms with Crippen molar-refractivity contribution in [2.75, 3.05) is 41.9 Å². The van der Waals surface area contributed by atoms with Gasteiger partial charge >= 0.3 is 0 Å². The van der Waals surface area contributed by atoms with Crippen LogP contribution in [0.4, 0.5) is 17.8 Å². The molecule has 0 bridgehead atoms. The normalized spacial score (nSPS) is 23.3. The predicted octanol–water partition coefficient (Wildman–Crippen LogP) is 0.594. The molecule has 0 amide bonds. The topological polar surface area (TPSA) is 101 Å². The van der Waals surface area contributed by atoms with Crippen molar-refractivity contribution in [2.24, 2.45) is 11.8 Å². The van der Waals surface area contributed by atoms with Gasteiger partial charge in [-0.1, -0.05) is 0 Å². The third kappa shape index (κ3) is 3.33. The number of nitrogen functional groups attached to an aromatic ring is 1. The van der Waals surface area contributed by atoms with Crippen LogP contribution in [0.3, 0.4) is 0 Å². The standard InChI is InChI=1S/C13H23N7O/c1-9(10-4-7-21-8-10)15-11-16-12(19-14)18-13(17-11)20-5-2-3-6-20/h9-10H,2-8,14H2,1H3,(H2,15,16,17,18,19). The van der Waals surface area contributed by atoms with E-state index in [-0.39, 0.29) is 6.04 Å². The van der Waals surface area contributed by atoms with Gasteiger partial charge in [0, 0.05) is 31.7 Å². The molecule has 2 aliphatic heterocycles. The largest absolute Gasteiger partial charge is 0.381 e. The van der Waals surface area contributed by atoms with Crippen molar-refractivity contribution in [1.29, 1.82) is 0 Å². The van der Waals surface area contributed by atoms with E-state index in [0.29, 0.717) is 23.8 Å². The molecule has 2 unspecified atom stereocenters. The highest BCUT2D eigenvalue weighted by Crippen LogP contribution is 2.21. The first-order chi connectivity index (χ1) is 10.3. The second-order valence-corrected chi connectivity index (χ2v) is 5.68. The highest BCUT2D eigenvalue weighted by Gasteiger charge is 2.24. The van der Waals surface area contributed by atoms with Gasteiger partial charge in [0.2, 0.25) is 17.8 Å². The summed E-state index contributed by atoms with van der Waals surface area (Å²) in [7, 11) is 0. The molecule has 3 rings (SSSR count). The van der Waals surface area contributed by atoms with Crippen LogP contribution in [0.1, 0.15) is 26.2 Å². The van der Waals surface area contributed by atoms with E-state index in [2.05, 4.69) is 37.5 Å². The van der Waals surface area contributed by atoms with Crippen molar-refractivity contribution < 1.29 is 4.74 Å². The van der Waals surface area contributed by atoms with E-state index < -0.39 is 0 Å². The number of aromatic nitrogens is 3. The van der Waals surface area contributed by atoms with Crippen molar-refractivity contribution in [3.8, 4) is 0 Å². The average molecular weight is 293 g/mol. The molecule has 0 spiro atoms. The highest BCUT2D eigenvalue weighted by atomic mass is 16.5. The Morgan fingerprint density at radius 2 is 2.00 bits per heavy atom. The number of nitrogens with one attached hydrogen (secondary N) is 2. The number of hydrogen-bond donors (Lipinski definition) is 3. The molecule has 8 nitrogen and oxygen atoms in total. The number of hydrazine groups is 1. The molecule has 116 valence electrons. The van der Waals surface area contributed by atoms with E-state index >= 15 is 0 Å². The van der Waals surface area contributed by atoms with E-state index in [0.717, 1.165) is 32.7 Å². The lowest BCUT2D eigenvalue weighted by Crippen LogP contribution is -2.29. The summed E-state index contributed by atoms with van der Waals surface area (Å²) in [6.45, 7) is 5.73. The van der Waals surface area contributed by atoms with Gasteiger partial charge in [0.15, 0.2) is 0 Å². The molecular formula is C13H23N7O. The Hall–Kier alpha value is -1.67. The van der Waals surface area contributed by atoms with Gasteiger partial charge in [0.1, 0.15) is 0 Å². The molecule has 2 saturated heterocycles. The maximum Gasteiger partial charge on any atom is 0.243 e. The summed E-state index contributed by atoms with van der Waals surface area (Å²) in [5, 5.41) is 3.36. The molecule has 0 saturated carbocycles. The van der Waals surface area contributed by atoms with E-state index in [1.165, 1.54) is 12.8 Å². The lowest BCUT2D eigenvalue weighted by atomic mass is 10.0. The Kier molecular flexibility index (Phi) is 4.35. The lowest BCUT2D eigenvalue weighted by Gasteiger charge is -2.21. The first kappa shape index (κ1) is 14.3. The Morgan fingerprint density at radius 3 is 2.67 bits per heavy atom. The quantitative estimate of drug-likeness (QED) is 0.536. The van der Waals surface area contributed by atoms with Crippen molar-refractivity contribution in [3.05, 3.63) is 0 Å². The van der Waals surface area contributed by atoms with Gasteiger partial charge in [-0.25, -0.2) is 5.84 Å². The summed E-state index contributed by atoms with van der Waals surface area (Å²) in [5.74, 6) is 7.61. The maximum atomic E-state index is 5.47. The average Bonchev–Trinajstić information content (AvgIpc) is 3.19. The van der Waals surface area contributed by atoms with Crippen molar-refractivity contribution in [2.45, 2.75) is 32.2 Å². The molecule has 1 aromatic heterocycles. The fraction of sp³-hybridized carbons (Fsp3) is 0.769. The smallest absolute Gasteiger partial charge is 0.243 e. The van der Waals surface area contributed by atoms with Crippen LogP contribution in [0, 0.1) is 5.92 Å². The zero-order valence-corrected chi connectivity index (χ0v) is 12.4. The Balaban J connectivity index is 1.75. The summed E-state index contributed by atoms with van der Waals surface area (Å²) >= 11 is 0. The number of nitrogens with two attached hydrogens (primary N) is 1. The molecule has 1 aromatic rings. The summed E-state index contributed by atoms with van der Waals surface area (Å²) in [4.78, 5) is 15.3. The zero-order chi connectivity index (χ0) is 14.7. The van der Waals surface area contributed by atoms with Crippen molar-refractivity contribution in [1.82, 2.24) is 15.0 Å². The number of hydrogen-bond acceptors (Lipinski definition) is 8. The van der Waals surface area contributed by atoms with Crippen LogP contribution < -0.4 is 21.5 Å². The van der Waals surface area contributed by atoms with Crippen LogP contribution in [-0.2, 0) is 4.74 Å². The second-order valence-electron chi connectivity index (χ2n) is 5.68. The number of rotatable bonds is 5. The van der Waals surface area contributed by atoms with Crippen LogP contribution >= 0.6 is 0 Å². The van der Waals surface area contributed by atoms with Gasteiger partial charge in [-0.15, -0.1) is 0 Å². The van der Waals surface area contributed by atoms with Crippen LogP contribution in [0.15, 0.2) is 0 Å². The molecule has 3 heterocycles. The van der Waals surface area contributed by atoms with Gasteiger partial charge in [-0.2, -0.15) is 15.0 Å². The molecule has 2 aliphatic rings. The molecule has 21 heavy (non-hydrogen) atoms. The molecular weight excluding hydrogens is 270 g/mol. The summed E-state index contributed by atoms with van der Waals surface area (Å²) in [5.41, 5.74) is 2.52. The minimum Gasteiger partial charge on any atom is -0.381 e. The number of ether oxygens (including phenoxy) is 1. The number of nitrogens with zero attached hydrogens (tertiary/aromatic N) is 4. The van der Waals surface area contributed by atoms with Crippen LogP contribution in [0.5, 0.6) is 0 Å². The minimum atomic E-state index is 0.256. The second kappa shape index (κ2) is 6.40. The molecule has 4 N–H and O–H groups in total. The number of anilines is 3. The Morgan fingerprint density at radius 1 is 1.24 bits per heavy atom. The summed E-state index contributed by atoms with van der Waals surface area (Å²) in [6, 6.07) is 0.256. The third-order valence-corrected chi connectivity index (χ3v) is 4.17. The minimum absolute atomic E-state index is 0.256. The van der Waals surface area contributed by atoms with Gasteiger partial charge in [-0.3, -0.25) is 5.43 Å².